The Morgan fingerprint density at radius 3 is 2.76 bits per heavy atom. The first-order valence-electron chi connectivity index (χ1n) is 5.49. The molecule has 0 bridgehead atoms. The first-order valence-corrected chi connectivity index (χ1v) is 6.47. The van der Waals surface area contributed by atoms with Crippen molar-refractivity contribution in [3.8, 4) is 0 Å². The first-order chi connectivity index (χ1) is 8.28. The molecule has 17 heavy (non-hydrogen) atoms. The van der Waals surface area contributed by atoms with Crippen molar-refractivity contribution in [3.63, 3.8) is 0 Å². The summed E-state index contributed by atoms with van der Waals surface area (Å²) in [4.78, 5) is 5.46. The van der Waals surface area contributed by atoms with Gasteiger partial charge in [0.05, 0.1) is 5.75 Å². The lowest BCUT2D eigenvalue weighted by Crippen LogP contribution is -2.02. The van der Waals surface area contributed by atoms with E-state index >= 15 is 0 Å². The number of nitrogens with two attached hydrogens (primary N) is 1. The average Bonchev–Trinajstić information content (AvgIpc) is 2.77. The summed E-state index contributed by atoms with van der Waals surface area (Å²) in [5, 5.41) is 3.90. The Morgan fingerprint density at radius 2 is 2.06 bits per heavy atom. The van der Waals surface area contributed by atoms with E-state index in [1.54, 1.807) is 11.8 Å². The standard InChI is InChI=1S/C12H15N3OS/c1-9-2-4-10(5-3-9)17-8-11-14-12(6-7-13)16-15-11/h2-5H,6-8,13H2,1H3. The molecular weight excluding hydrogens is 234 g/mol. The van der Waals surface area contributed by atoms with Gasteiger partial charge in [-0.25, -0.2) is 0 Å². The molecule has 1 aromatic carbocycles. The Balaban J connectivity index is 1.90. The molecule has 0 radical (unpaired) electrons. The summed E-state index contributed by atoms with van der Waals surface area (Å²) in [5.74, 6) is 2.06. The third-order valence-electron chi connectivity index (χ3n) is 2.26. The van der Waals surface area contributed by atoms with E-state index in [0.29, 0.717) is 18.9 Å². The lowest BCUT2D eigenvalue weighted by atomic mass is 10.2. The van der Waals surface area contributed by atoms with Crippen LogP contribution in [0.4, 0.5) is 0 Å². The van der Waals surface area contributed by atoms with E-state index in [4.69, 9.17) is 10.3 Å². The Bertz CT molecular complexity index is 467. The van der Waals surface area contributed by atoms with Gasteiger partial charge < -0.3 is 10.3 Å². The van der Waals surface area contributed by atoms with Crippen LogP contribution in [-0.4, -0.2) is 16.7 Å². The normalized spacial score (nSPS) is 10.7. The molecule has 0 aliphatic rings. The van der Waals surface area contributed by atoms with Gasteiger partial charge in [0.2, 0.25) is 5.89 Å². The minimum atomic E-state index is 0.534. The molecule has 0 amide bonds. The topological polar surface area (TPSA) is 64.9 Å². The van der Waals surface area contributed by atoms with Crippen LogP contribution in [0.15, 0.2) is 33.7 Å². The maximum Gasteiger partial charge on any atom is 0.227 e. The van der Waals surface area contributed by atoms with E-state index < -0.39 is 0 Å². The van der Waals surface area contributed by atoms with Gasteiger partial charge in [-0.15, -0.1) is 11.8 Å². The second-order valence-electron chi connectivity index (χ2n) is 3.74. The summed E-state index contributed by atoms with van der Waals surface area (Å²) in [6.45, 7) is 2.61. The molecule has 0 atom stereocenters. The van der Waals surface area contributed by atoms with Crippen molar-refractivity contribution >= 4 is 11.8 Å². The molecule has 0 aliphatic carbocycles. The highest BCUT2D eigenvalue weighted by atomic mass is 32.2. The van der Waals surface area contributed by atoms with Crippen molar-refractivity contribution in [2.45, 2.75) is 24.0 Å². The van der Waals surface area contributed by atoms with Crippen LogP contribution >= 0.6 is 11.8 Å². The monoisotopic (exact) mass is 249 g/mol. The molecule has 1 aromatic heterocycles. The number of aryl methyl sites for hydroxylation is 1. The van der Waals surface area contributed by atoms with Gasteiger partial charge in [0.1, 0.15) is 0 Å². The predicted molar refractivity (Wildman–Crippen MR) is 67.8 cm³/mol. The van der Waals surface area contributed by atoms with E-state index in [0.717, 1.165) is 11.6 Å². The molecular formula is C12H15N3OS. The zero-order valence-corrected chi connectivity index (χ0v) is 10.5. The molecule has 90 valence electrons. The largest absolute Gasteiger partial charge is 0.339 e. The van der Waals surface area contributed by atoms with Crippen LogP contribution in [-0.2, 0) is 12.2 Å². The molecule has 2 rings (SSSR count). The highest BCUT2D eigenvalue weighted by molar-refractivity contribution is 7.98. The summed E-state index contributed by atoms with van der Waals surface area (Å²) in [6.07, 6.45) is 0.641. The Kier molecular flexibility index (Phi) is 4.17. The highest BCUT2D eigenvalue weighted by Crippen LogP contribution is 2.21. The number of hydrogen-bond donors (Lipinski definition) is 1. The van der Waals surface area contributed by atoms with Gasteiger partial charge in [0.25, 0.3) is 0 Å². The summed E-state index contributed by atoms with van der Waals surface area (Å²) >= 11 is 1.70. The smallest absolute Gasteiger partial charge is 0.227 e. The van der Waals surface area contributed by atoms with E-state index in [9.17, 15) is 0 Å². The zero-order valence-electron chi connectivity index (χ0n) is 9.72. The van der Waals surface area contributed by atoms with Crippen LogP contribution in [0.3, 0.4) is 0 Å². The van der Waals surface area contributed by atoms with Gasteiger partial charge in [-0.2, -0.15) is 4.98 Å². The van der Waals surface area contributed by atoms with Gasteiger partial charge in [-0.3, -0.25) is 0 Å². The molecule has 0 spiro atoms. The third-order valence-corrected chi connectivity index (χ3v) is 3.27. The number of rotatable bonds is 5. The summed E-state index contributed by atoms with van der Waals surface area (Å²) in [7, 11) is 0. The van der Waals surface area contributed by atoms with Crippen molar-refractivity contribution in [1.29, 1.82) is 0 Å². The Hall–Kier alpha value is -1.33. The van der Waals surface area contributed by atoms with E-state index in [1.807, 2.05) is 0 Å². The number of benzene rings is 1. The molecule has 0 saturated carbocycles. The summed E-state index contributed by atoms with van der Waals surface area (Å²) in [6, 6.07) is 8.39. The van der Waals surface area contributed by atoms with E-state index in [1.165, 1.54) is 10.5 Å². The molecule has 2 aromatic rings. The quantitative estimate of drug-likeness (QED) is 0.823. The lowest BCUT2D eigenvalue weighted by Gasteiger charge is -1.98. The fourth-order valence-electron chi connectivity index (χ4n) is 1.36. The van der Waals surface area contributed by atoms with Crippen molar-refractivity contribution in [3.05, 3.63) is 41.5 Å². The maximum absolute atomic E-state index is 5.42. The van der Waals surface area contributed by atoms with Gasteiger partial charge in [0, 0.05) is 17.9 Å². The molecule has 5 heteroatoms. The molecule has 0 fully saturated rings. The van der Waals surface area contributed by atoms with E-state index in [2.05, 4.69) is 41.3 Å². The Morgan fingerprint density at radius 1 is 1.29 bits per heavy atom. The maximum atomic E-state index is 5.42. The molecule has 1 heterocycles. The van der Waals surface area contributed by atoms with Crippen LogP contribution in [0, 0.1) is 6.92 Å². The summed E-state index contributed by atoms with van der Waals surface area (Å²) < 4.78 is 5.06. The third kappa shape index (κ3) is 3.57. The zero-order chi connectivity index (χ0) is 12.1. The van der Waals surface area contributed by atoms with Crippen LogP contribution in [0.5, 0.6) is 0 Å². The van der Waals surface area contributed by atoms with Crippen molar-refractivity contribution in [2.75, 3.05) is 6.54 Å². The van der Waals surface area contributed by atoms with Crippen LogP contribution in [0.25, 0.3) is 0 Å². The fraction of sp³-hybridized carbons (Fsp3) is 0.333. The molecule has 0 aliphatic heterocycles. The predicted octanol–water partition coefficient (Wildman–Crippen LogP) is 2.17. The SMILES string of the molecule is Cc1ccc(SCc2noc(CCN)n2)cc1. The first kappa shape index (κ1) is 12.1. The van der Waals surface area contributed by atoms with Crippen molar-refractivity contribution in [2.24, 2.45) is 5.73 Å². The number of nitrogens with zero attached hydrogens (tertiary/aromatic N) is 2. The van der Waals surface area contributed by atoms with Crippen LogP contribution in [0.1, 0.15) is 17.3 Å². The minimum Gasteiger partial charge on any atom is -0.339 e. The van der Waals surface area contributed by atoms with Gasteiger partial charge >= 0.3 is 0 Å². The molecule has 2 N–H and O–H groups in total. The fourth-order valence-corrected chi connectivity index (χ4v) is 2.10. The second-order valence-corrected chi connectivity index (χ2v) is 4.79. The van der Waals surface area contributed by atoms with E-state index in [-0.39, 0.29) is 0 Å². The number of aromatic nitrogens is 2. The number of hydrogen-bond acceptors (Lipinski definition) is 5. The van der Waals surface area contributed by atoms with Crippen LogP contribution in [0.2, 0.25) is 0 Å². The number of thioether (sulfide) groups is 1. The van der Waals surface area contributed by atoms with Gasteiger partial charge in [-0.05, 0) is 19.1 Å². The second kappa shape index (κ2) is 5.84. The van der Waals surface area contributed by atoms with Gasteiger partial charge in [0.15, 0.2) is 5.82 Å². The summed E-state index contributed by atoms with van der Waals surface area (Å²) in [5.41, 5.74) is 6.68. The molecule has 0 saturated heterocycles. The Labute approximate surface area is 105 Å². The molecule has 4 nitrogen and oxygen atoms in total. The average molecular weight is 249 g/mol. The van der Waals surface area contributed by atoms with Gasteiger partial charge in [-0.1, -0.05) is 22.9 Å². The lowest BCUT2D eigenvalue weighted by molar-refractivity contribution is 0.376. The highest BCUT2D eigenvalue weighted by Gasteiger charge is 2.05. The molecule has 0 unspecified atom stereocenters. The minimum absolute atomic E-state index is 0.534. The van der Waals surface area contributed by atoms with Crippen molar-refractivity contribution < 1.29 is 4.52 Å². The van der Waals surface area contributed by atoms with Crippen molar-refractivity contribution in [1.82, 2.24) is 10.1 Å². The van der Waals surface area contributed by atoms with Crippen LogP contribution < -0.4 is 5.73 Å².